The number of carbonyl (C=O) groups is 1. The molecule has 1 fully saturated rings. The van der Waals surface area contributed by atoms with Crippen molar-refractivity contribution in [3.8, 4) is 5.75 Å². The van der Waals surface area contributed by atoms with Crippen LogP contribution in [-0.4, -0.2) is 41.4 Å². The van der Waals surface area contributed by atoms with Gasteiger partial charge in [0.15, 0.2) is 6.61 Å². The van der Waals surface area contributed by atoms with Gasteiger partial charge in [-0.3, -0.25) is 4.79 Å². The maximum Gasteiger partial charge on any atom is 0.260 e. The van der Waals surface area contributed by atoms with Gasteiger partial charge in [-0.1, -0.05) is 11.2 Å². The Bertz CT molecular complexity index is 563. The van der Waals surface area contributed by atoms with E-state index in [1.165, 1.54) is 5.56 Å². The number of amides is 1. The van der Waals surface area contributed by atoms with E-state index in [0.29, 0.717) is 11.5 Å². The monoisotopic (exact) mass is 288 g/mol. The van der Waals surface area contributed by atoms with Crippen LogP contribution in [0.3, 0.4) is 0 Å². The molecular weight excluding hydrogens is 268 g/mol. The van der Waals surface area contributed by atoms with Crippen molar-refractivity contribution < 1.29 is 14.7 Å². The van der Waals surface area contributed by atoms with Gasteiger partial charge in [0.2, 0.25) is 0 Å². The Balaban J connectivity index is 1.67. The van der Waals surface area contributed by atoms with E-state index in [1.807, 2.05) is 23.1 Å². The highest BCUT2D eigenvalue weighted by Crippen LogP contribution is 2.26. The number of carbonyl (C=O) groups excluding carboxylic acids is 1. The fourth-order valence-electron chi connectivity index (χ4n) is 3.02. The lowest BCUT2D eigenvalue weighted by Gasteiger charge is -2.19. The summed E-state index contributed by atoms with van der Waals surface area (Å²) in [6, 6.07) is 5.76. The second-order valence-corrected chi connectivity index (χ2v) is 5.60. The molecule has 1 amide bonds. The molecule has 5 nitrogen and oxygen atoms in total. The SMILES string of the molecule is O=C(COc1ccc2c(c1)/C(=N\O)CCC2)N1CCCC1. The van der Waals surface area contributed by atoms with Crippen LogP contribution in [0.25, 0.3) is 0 Å². The molecule has 21 heavy (non-hydrogen) atoms. The predicted molar refractivity (Wildman–Crippen MR) is 79.0 cm³/mol. The third-order valence-corrected chi connectivity index (χ3v) is 4.19. The lowest BCUT2D eigenvalue weighted by atomic mass is 9.90. The maximum atomic E-state index is 12.0. The number of nitrogens with zero attached hydrogens (tertiary/aromatic N) is 2. The summed E-state index contributed by atoms with van der Waals surface area (Å²) in [7, 11) is 0. The van der Waals surface area contributed by atoms with Crippen LogP contribution in [0.15, 0.2) is 23.4 Å². The van der Waals surface area contributed by atoms with E-state index >= 15 is 0 Å². The third-order valence-electron chi connectivity index (χ3n) is 4.19. The summed E-state index contributed by atoms with van der Waals surface area (Å²) >= 11 is 0. The minimum atomic E-state index is 0.0428. The highest BCUT2D eigenvalue weighted by atomic mass is 16.5. The first-order chi connectivity index (χ1) is 10.3. The fraction of sp³-hybridized carbons (Fsp3) is 0.500. The summed E-state index contributed by atoms with van der Waals surface area (Å²) in [5, 5.41) is 12.5. The van der Waals surface area contributed by atoms with Crippen molar-refractivity contribution in [1.29, 1.82) is 0 Å². The van der Waals surface area contributed by atoms with E-state index in [1.54, 1.807) is 0 Å². The van der Waals surface area contributed by atoms with Crippen molar-refractivity contribution in [3.63, 3.8) is 0 Å². The van der Waals surface area contributed by atoms with E-state index < -0.39 is 0 Å². The number of likely N-dealkylation sites (tertiary alicyclic amines) is 1. The minimum Gasteiger partial charge on any atom is -0.484 e. The van der Waals surface area contributed by atoms with E-state index in [2.05, 4.69) is 5.16 Å². The molecule has 112 valence electrons. The number of ether oxygens (including phenoxy) is 1. The first-order valence-corrected chi connectivity index (χ1v) is 7.53. The van der Waals surface area contributed by atoms with Crippen LogP contribution in [-0.2, 0) is 11.2 Å². The Labute approximate surface area is 124 Å². The molecule has 0 saturated carbocycles. The molecule has 2 aliphatic rings. The second kappa shape index (κ2) is 6.16. The van der Waals surface area contributed by atoms with Crippen LogP contribution in [0.1, 0.15) is 36.8 Å². The molecule has 1 aliphatic heterocycles. The van der Waals surface area contributed by atoms with Crippen molar-refractivity contribution >= 4 is 11.6 Å². The lowest BCUT2D eigenvalue weighted by molar-refractivity contribution is -0.132. The summed E-state index contributed by atoms with van der Waals surface area (Å²) in [5.41, 5.74) is 2.81. The van der Waals surface area contributed by atoms with Crippen molar-refractivity contribution in [3.05, 3.63) is 29.3 Å². The average Bonchev–Trinajstić information content (AvgIpc) is 3.06. The maximum absolute atomic E-state index is 12.0. The molecule has 1 heterocycles. The van der Waals surface area contributed by atoms with Crippen LogP contribution in [0.5, 0.6) is 5.75 Å². The summed E-state index contributed by atoms with van der Waals surface area (Å²) in [6.07, 6.45) is 4.93. The molecule has 1 N–H and O–H groups in total. The standard InChI is InChI=1S/C16H20N2O3/c19-16(18-8-1-2-9-18)11-21-13-7-6-12-4-3-5-15(17-20)14(12)10-13/h6-7,10,20H,1-5,8-9,11H2/b17-15-. The molecule has 1 aromatic carbocycles. The molecule has 5 heteroatoms. The van der Waals surface area contributed by atoms with E-state index in [9.17, 15) is 4.79 Å². The molecule has 0 bridgehead atoms. The molecule has 1 aliphatic carbocycles. The lowest BCUT2D eigenvalue weighted by Crippen LogP contribution is -2.32. The number of benzene rings is 1. The quantitative estimate of drug-likeness (QED) is 0.685. The van der Waals surface area contributed by atoms with Crippen LogP contribution in [0.4, 0.5) is 0 Å². The van der Waals surface area contributed by atoms with Crippen LogP contribution >= 0.6 is 0 Å². The molecule has 1 aromatic rings. The van der Waals surface area contributed by atoms with Crippen molar-refractivity contribution in [2.24, 2.45) is 5.16 Å². The van der Waals surface area contributed by atoms with Gasteiger partial charge in [0.25, 0.3) is 5.91 Å². The summed E-state index contributed by atoms with van der Waals surface area (Å²) in [4.78, 5) is 13.8. The van der Waals surface area contributed by atoms with Crippen LogP contribution in [0, 0.1) is 0 Å². The first kappa shape index (κ1) is 13.9. The van der Waals surface area contributed by atoms with Crippen LogP contribution in [0.2, 0.25) is 0 Å². The van der Waals surface area contributed by atoms with Gasteiger partial charge in [-0.05, 0) is 49.8 Å². The zero-order valence-corrected chi connectivity index (χ0v) is 12.0. The van der Waals surface area contributed by atoms with Gasteiger partial charge in [-0.25, -0.2) is 0 Å². The van der Waals surface area contributed by atoms with E-state index in [4.69, 9.17) is 9.94 Å². The van der Waals surface area contributed by atoms with Crippen LogP contribution < -0.4 is 4.74 Å². The Kier molecular flexibility index (Phi) is 4.08. The Morgan fingerprint density at radius 2 is 2.05 bits per heavy atom. The van der Waals surface area contributed by atoms with E-state index in [-0.39, 0.29) is 12.5 Å². The number of hydrogen-bond acceptors (Lipinski definition) is 4. The molecule has 0 atom stereocenters. The number of oxime groups is 1. The number of rotatable bonds is 3. The van der Waals surface area contributed by atoms with Gasteiger partial charge in [0.05, 0.1) is 5.71 Å². The van der Waals surface area contributed by atoms with Crippen molar-refractivity contribution in [1.82, 2.24) is 4.90 Å². The molecule has 0 unspecified atom stereocenters. The van der Waals surface area contributed by atoms with E-state index in [0.717, 1.165) is 50.8 Å². The summed E-state index contributed by atoms with van der Waals surface area (Å²) < 4.78 is 5.61. The predicted octanol–water partition coefficient (Wildman–Crippen LogP) is 2.20. The smallest absolute Gasteiger partial charge is 0.260 e. The highest BCUT2D eigenvalue weighted by molar-refractivity contribution is 6.02. The molecular formula is C16H20N2O3. The minimum absolute atomic E-state index is 0.0428. The highest BCUT2D eigenvalue weighted by Gasteiger charge is 2.19. The normalized spacial score (nSPS) is 19.6. The Morgan fingerprint density at radius 3 is 2.81 bits per heavy atom. The molecule has 0 aromatic heterocycles. The van der Waals surface area contributed by atoms with Crippen molar-refractivity contribution in [2.75, 3.05) is 19.7 Å². The molecule has 1 saturated heterocycles. The molecule has 0 spiro atoms. The van der Waals surface area contributed by atoms with Gasteiger partial charge in [0, 0.05) is 18.7 Å². The third kappa shape index (κ3) is 3.01. The number of aryl methyl sites for hydroxylation is 1. The molecule has 0 radical (unpaired) electrons. The fourth-order valence-corrected chi connectivity index (χ4v) is 3.02. The van der Waals surface area contributed by atoms with Crippen molar-refractivity contribution in [2.45, 2.75) is 32.1 Å². The Hall–Kier alpha value is -2.04. The zero-order valence-electron chi connectivity index (χ0n) is 12.0. The zero-order chi connectivity index (χ0) is 14.7. The van der Waals surface area contributed by atoms with Gasteiger partial charge in [-0.2, -0.15) is 0 Å². The number of fused-ring (bicyclic) bond motifs is 1. The summed E-state index contributed by atoms with van der Waals surface area (Å²) in [6.45, 7) is 1.76. The van der Waals surface area contributed by atoms with Gasteiger partial charge >= 0.3 is 0 Å². The Morgan fingerprint density at radius 1 is 1.24 bits per heavy atom. The van der Waals surface area contributed by atoms with Gasteiger partial charge < -0.3 is 14.8 Å². The second-order valence-electron chi connectivity index (χ2n) is 5.60. The average molecular weight is 288 g/mol. The van der Waals surface area contributed by atoms with Gasteiger partial charge in [0.1, 0.15) is 5.75 Å². The van der Waals surface area contributed by atoms with Gasteiger partial charge in [-0.15, -0.1) is 0 Å². The topological polar surface area (TPSA) is 62.1 Å². The number of hydrogen-bond donors (Lipinski definition) is 1. The first-order valence-electron chi connectivity index (χ1n) is 7.53. The molecule has 3 rings (SSSR count). The largest absolute Gasteiger partial charge is 0.484 e. The summed E-state index contributed by atoms with van der Waals surface area (Å²) in [5.74, 6) is 0.700.